The van der Waals surface area contributed by atoms with Crippen LogP contribution in [-0.2, 0) is 19.4 Å². The van der Waals surface area contributed by atoms with Gasteiger partial charge < -0.3 is 0 Å². The number of aromatic nitrogens is 2. The van der Waals surface area contributed by atoms with E-state index >= 15 is 0 Å². The Hall–Kier alpha value is -1.43. The highest BCUT2D eigenvalue weighted by atomic mass is 35.5. The maximum absolute atomic E-state index is 13.1. The molecule has 0 saturated carbocycles. The van der Waals surface area contributed by atoms with Gasteiger partial charge in [-0.2, -0.15) is 5.10 Å². The maximum Gasteiger partial charge on any atom is 0.124 e. The smallest absolute Gasteiger partial charge is 0.124 e. The maximum atomic E-state index is 13.1. The third-order valence-electron chi connectivity index (χ3n) is 3.52. The Morgan fingerprint density at radius 1 is 1.38 bits per heavy atom. The van der Waals surface area contributed by atoms with Gasteiger partial charge in [0.2, 0.25) is 0 Å². The third kappa shape index (κ3) is 3.61. The first-order valence-corrected chi connectivity index (χ1v) is 7.43. The second kappa shape index (κ2) is 7.02. The van der Waals surface area contributed by atoms with Crippen molar-refractivity contribution in [1.82, 2.24) is 15.2 Å². The number of nitrogens with two attached hydrogens (primary N) is 1. The zero-order valence-corrected chi connectivity index (χ0v) is 13.0. The first-order valence-electron chi connectivity index (χ1n) is 7.05. The monoisotopic (exact) mass is 310 g/mol. The molecule has 0 aliphatic carbocycles. The molecule has 2 rings (SSSR count). The van der Waals surface area contributed by atoms with E-state index in [0.29, 0.717) is 11.4 Å². The normalized spacial score (nSPS) is 12.6. The van der Waals surface area contributed by atoms with E-state index in [-0.39, 0.29) is 11.9 Å². The van der Waals surface area contributed by atoms with Gasteiger partial charge >= 0.3 is 0 Å². The summed E-state index contributed by atoms with van der Waals surface area (Å²) in [7, 11) is 0. The van der Waals surface area contributed by atoms with Gasteiger partial charge in [0.05, 0.1) is 17.4 Å². The Balaban J connectivity index is 2.29. The quantitative estimate of drug-likeness (QED) is 0.637. The summed E-state index contributed by atoms with van der Waals surface area (Å²) in [5, 5.41) is 4.93. The molecule has 0 saturated heterocycles. The van der Waals surface area contributed by atoms with Crippen LogP contribution in [0.1, 0.15) is 36.8 Å². The van der Waals surface area contributed by atoms with Gasteiger partial charge in [0.1, 0.15) is 5.82 Å². The van der Waals surface area contributed by atoms with Crippen molar-refractivity contribution in [3.05, 3.63) is 52.1 Å². The fourth-order valence-corrected chi connectivity index (χ4v) is 2.59. The second-order valence-electron chi connectivity index (χ2n) is 4.89. The molecule has 0 fully saturated rings. The summed E-state index contributed by atoms with van der Waals surface area (Å²) in [6.45, 7) is 4.87. The lowest BCUT2D eigenvalue weighted by atomic mass is 10.0. The molecule has 21 heavy (non-hydrogen) atoms. The van der Waals surface area contributed by atoms with Crippen molar-refractivity contribution < 1.29 is 4.39 Å². The fourth-order valence-electron chi connectivity index (χ4n) is 2.35. The Labute approximate surface area is 129 Å². The minimum atomic E-state index is -0.340. The Kier molecular flexibility index (Phi) is 5.33. The molecule has 1 aromatic heterocycles. The molecule has 0 spiro atoms. The van der Waals surface area contributed by atoms with Crippen molar-refractivity contribution in [3.8, 4) is 0 Å². The summed E-state index contributed by atoms with van der Waals surface area (Å²) >= 11 is 6.09. The van der Waals surface area contributed by atoms with Gasteiger partial charge in [0, 0.05) is 11.6 Å². The standard InChI is InChI=1S/C15H20ClFN4/c1-3-12-9-15(21(4-2)20-12)14(19-18)7-10-5-6-11(17)8-13(10)16/h5-6,8-9,14,19H,3-4,7,18H2,1-2H3. The molecule has 2 aromatic rings. The molecule has 0 amide bonds. The van der Waals surface area contributed by atoms with Crippen LogP contribution in [0.4, 0.5) is 4.39 Å². The zero-order chi connectivity index (χ0) is 15.4. The SMILES string of the molecule is CCc1cc(C(Cc2ccc(F)cc2Cl)NN)n(CC)n1. The fraction of sp³-hybridized carbons (Fsp3) is 0.400. The number of benzene rings is 1. The summed E-state index contributed by atoms with van der Waals surface area (Å²) in [4.78, 5) is 0. The lowest BCUT2D eigenvalue weighted by molar-refractivity contribution is 0.489. The first-order chi connectivity index (χ1) is 10.1. The van der Waals surface area contributed by atoms with Crippen LogP contribution in [0.3, 0.4) is 0 Å². The molecule has 0 bridgehead atoms. The number of rotatable bonds is 6. The van der Waals surface area contributed by atoms with E-state index in [1.807, 2.05) is 17.7 Å². The van der Waals surface area contributed by atoms with Crippen molar-refractivity contribution in [2.75, 3.05) is 0 Å². The molecule has 0 aliphatic rings. The lowest BCUT2D eigenvalue weighted by Gasteiger charge is -2.18. The average molecular weight is 311 g/mol. The van der Waals surface area contributed by atoms with E-state index in [1.54, 1.807) is 6.07 Å². The number of hydrogen-bond donors (Lipinski definition) is 2. The van der Waals surface area contributed by atoms with Crippen LogP contribution in [0.5, 0.6) is 0 Å². The molecule has 0 aliphatic heterocycles. The van der Waals surface area contributed by atoms with E-state index in [4.69, 9.17) is 17.4 Å². The summed E-state index contributed by atoms with van der Waals surface area (Å²) in [5.74, 6) is 5.36. The third-order valence-corrected chi connectivity index (χ3v) is 3.87. The lowest BCUT2D eigenvalue weighted by Crippen LogP contribution is -2.31. The summed E-state index contributed by atoms with van der Waals surface area (Å²) in [6, 6.07) is 6.34. The largest absolute Gasteiger partial charge is 0.271 e. The molecule has 6 heteroatoms. The van der Waals surface area contributed by atoms with Crippen LogP contribution in [0.15, 0.2) is 24.3 Å². The van der Waals surface area contributed by atoms with Crippen LogP contribution in [0, 0.1) is 5.82 Å². The van der Waals surface area contributed by atoms with Crippen LogP contribution < -0.4 is 11.3 Å². The molecule has 114 valence electrons. The molecule has 4 nitrogen and oxygen atoms in total. The highest BCUT2D eigenvalue weighted by molar-refractivity contribution is 6.31. The number of halogens is 2. The molecular weight excluding hydrogens is 291 g/mol. The van der Waals surface area contributed by atoms with Crippen molar-refractivity contribution in [1.29, 1.82) is 0 Å². The number of hydrazine groups is 1. The minimum Gasteiger partial charge on any atom is -0.271 e. The zero-order valence-electron chi connectivity index (χ0n) is 12.2. The van der Waals surface area contributed by atoms with Gasteiger partial charge in [-0.3, -0.25) is 16.0 Å². The van der Waals surface area contributed by atoms with Crippen LogP contribution in [-0.4, -0.2) is 9.78 Å². The van der Waals surface area contributed by atoms with Gasteiger partial charge in [0.15, 0.2) is 0 Å². The number of hydrogen-bond acceptors (Lipinski definition) is 3. The van der Waals surface area contributed by atoms with Crippen LogP contribution in [0.2, 0.25) is 5.02 Å². The van der Waals surface area contributed by atoms with Crippen LogP contribution >= 0.6 is 11.6 Å². The van der Waals surface area contributed by atoms with Gasteiger partial charge in [-0.05, 0) is 43.5 Å². The van der Waals surface area contributed by atoms with Gasteiger partial charge in [-0.25, -0.2) is 4.39 Å². The van der Waals surface area contributed by atoms with Crippen molar-refractivity contribution in [2.24, 2.45) is 5.84 Å². The highest BCUT2D eigenvalue weighted by Crippen LogP contribution is 2.24. The molecule has 1 unspecified atom stereocenters. The first kappa shape index (κ1) is 15.9. The van der Waals surface area contributed by atoms with Gasteiger partial charge in [0.25, 0.3) is 0 Å². The number of nitrogens with zero attached hydrogens (tertiary/aromatic N) is 2. The highest BCUT2D eigenvalue weighted by Gasteiger charge is 2.18. The Morgan fingerprint density at radius 3 is 2.71 bits per heavy atom. The Morgan fingerprint density at radius 2 is 2.14 bits per heavy atom. The van der Waals surface area contributed by atoms with Gasteiger partial charge in [-0.1, -0.05) is 24.6 Å². The van der Waals surface area contributed by atoms with E-state index in [9.17, 15) is 4.39 Å². The molecule has 1 atom stereocenters. The van der Waals surface area contributed by atoms with Gasteiger partial charge in [-0.15, -0.1) is 0 Å². The predicted octanol–water partition coefficient (Wildman–Crippen LogP) is 3.01. The molecule has 1 heterocycles. The van der Waals surface area contributed by atoms with Crippen molar-refractivity contribution in [3.63, 3.8) is 0 Å². The summed E-state index contributed by atoms with van der Waals surface area (Å²) < 4.78 is 15.1. The predicted molar refractivity (Wildman–Crippen MR) is 82.5 cm³/mol. The van der Waals surface area contributed by atoms with E-state index in [2.05, 4.69) is 17.4 Å². The number of aryl methyl sites for hydroxylation is 2. The van der Waals surface area contributed by atoms with Crippen LogP contribution in [0.25, 0.3) is 0 Å². The molecule has 3 N–H and O–H groups in total. The van der Waals surface area contributed by atoms with E-state index in [0.717, 1.165) is 29.9 Å². The van der Waals surface area contributed by atoms with Crippen molar-refractivity contribution in [2.45, 2.75) is 39.3 Å². The topological polar surface area (TPSA) is 55.9 Å². The van der Waals surface area contributed by atoms with E-state index in [1.165, 1.54) is 12.1 Å². The minimum absolute atomic E-state index is 0.124. The summed E-state index contributed by atoms with van der Waals surface area (Å²) in [6.07, 6.45) is 1.44. The Bertz CT molecular complexity index is 612. The summed E-state index contributed by atoms with van der Waals surface area (Å²) in [5.41, 5.74) is 5.69. The molecular formula is C15H20ClFN4. The number of nitrogens with one attached hydrogen (secondary N) is 1. The molecule has 0 radical (unpaired) electrons. The van der Waals surface area contributed by atoms with Crippen molar-refractivity contribution >= 4 is 11.6 Å². The molecule has 1 aromatic carbocycles. The average Bonchev–Trinajstić information content (AvgIpc) is 2.90. The second-order valence-corrected chi connectivity index (χ2v) is 5.30. The van der Waals surface area contributed by atoms with E-state index < -0.39 is 0 Å².